The smallest absolute Gasteiger partial charge is 0.270 e. The fraction of sp³-hybridized carbons (Fsp3) is 0.471. The number of amides is 1. The number of ether oxygens (including phenoxy) is 1. The summed E-state index contributed by atoms with van der Waals surface area (Å²) in [6, 6.07) is 5.12. The molecule has 0 aliphatic carbocycles. The zero-order chi connectivity index (χ0) is 20.2. The third kappa shape index (κ3) is 5.24. The van der Waals surface area contributed by atoms with E-state index >= 15 is 0 Å². The van der Waals surface area contributed by atoms with Crippen LogP contribution in [0.5, 0.6) is 5.75 Å². The lowest BCUT2D eigenvalue weighted by atomic mass is 10.0. The van der Waals surface area contributed by atoms with Gasteiger partial charge in [-0.05, 0) is 30.5 Å². The number of hydrogen-bond donors (Lipinski definition) is 2. The molecule has 0 aliphatic heterocycles. The third-order valence-corrected chi connectivity index (χ3v) is 6.60. The highest BCUT2D eigenvalue weighted by molar-refractivity contribution is 7.91. The molecule has 0 fully saturated rings. The summed E-state index contributed by atoms with van der Waals surface area (Å²) in [4.78, 5) is 11.7. The molecule has 2 aromatic rings. The van der Waals surface area contributed by atoms with E-state index in [9.17, 15) is 13.2 Å². The first kappa shape index (κ1) is 21.3. The summed E-state index contributed by atoms with van der Waals surface area (Å²) in [5, 5.41) is 10.2. The number of aryl methyl sites for hydroxylation is 1. The van der Waals surface area contributed by atoms with Crippen LogP contribution in [0, 0.1) is 12.8 Å². The fourth-order valence-corrected chi connectivity index (χ4v) is 4.59. The molecule has 10 heteroatoms. The summed E-state index contributed by atoms with van der Waals surface area (Å²) < 4.78 is 33.1. The van der Waals surface area contributed by atoms with E-state index in [1.807, 2.05) is 32.0 Å². The van der Waals surface area contributed by atoms with Crippen LogP contribution in [0.3, 0.4) is 0 Å². The molecule has 1 amide bonds. The number of carbonyl (C=O) groups excluding carboxylic acids is 1. The van der Waals surface area contributed by atoms with E-state index in [0.717, 1.165) is 28.2 Å². The third-order valence-electron chi connectivity index (χ3n) is 3.92. The molecule has 2 N–H and O–H groups in total. The van der Waals surface area contributed by atoms with Crippen LogP contribution in [0.25, 0.3) is 0 Å². The van der Waals surface area contributed by atoms with E-state index in [4.69, 9.17) is 4.74 Å². The summed E-state index contributed by atoms with van der Waals surface area (Å²) in [5.41, 5.74) is 1.75. The second kappa shape index (κ2) is 8.77. The highest BCUT2D eigenvalue weighted by Crippen LogP contribution is 2.27. The van der Waals surface area contributed by atoms with Crippen molar-refractivity contribution in [2.45, 2.75) is 44.5 Å². The van der Waals surface area contributed by atoms with Crippen molar-refractivity contribution >= 4 is 32.4 Å². The summed E-state index contributed by atoms with van der Waals surface area (Å²) in [6.45, 7) is 7.26. The van der Waals surface area contributed by atoms with Crippen molar-refractivity contribution < 1.29 is 17.9 Å². The van der Waals surface area contributed by atoms with Crippen molar-refractivity contribution in [1.82, 2.24) is 14.9 Å². The molecular formula is C17H24N4O4S2. The van der Waals surface area contributed by atoms with Gasteiger partial charge < -0.3 is 10.1 Å². The molecular weight excluding hydrogens is 388 g/mol. The molecule has 1 heterocycles. The van der Waals surface area contributed by atoms with Crippen LogP contribution >= 0.6 is 11.3 Å². The Hall–Kier alpha value is -2.04. The van der Waals surface area contributed by atoms with E-state index in [1.54, 1.807) is 21.0 Å². The molecule has 0 radical (unpaired) electrons. The van der Waals surface area contributed by atoms with Crippen molar-refractivity contribution in [3.63, 3.8) is 0 Å². The summed E-state index contributed by atoms with van der Waals surface area (Å²) >= 11 is 0.818. The predicted octanol–water partition coefficient (Wildman–Crippen LogP) is 2.88. The molecule has 0 spiro atoms. The minimum absolute atomic E-state index is 0.155. The normalized spacial score (nSPS) is 12.8. The van der Waals surface area contributed by atoms with Gasteiger partial charge in [0.2, 0.25) is 15.4 Å². The lowest BCUT2D eigenvalue weighted by Gasteiger charge is -2.17. The van der Waals surface area contributed by atoms with Gasteiger partial charge in [0.1, 0.15) is 5.75 Å². The van der Waals surface area contributed by atoms with E-state index in [0.29, 0.717) is 6.42 Å². The van der Waals surface area contributed by atoms with Crippen LogP contribution in [0.4, 0.5) is 5.13 Å². The molecule has 1 aromatic carbocycles. The zero-order valence-electron chi connectivity index (χ0n) is 15.9. The molecule has 0 unspecified atom stereocenters. The van der Waals surface area contributed by atoms with Gasteiger partial charge in [-0.25, -0.2) is 13.1 Å². The highest BCUT2D eigenvalue weighted by Gasteiger charge is 2.25. The van der Waals surface area contributed by atoms with Gasteiger partial charge in [0.05, 0.1) is 7.11 Å². The Balaban J connectivity index is 2.20. The lowest BCUT2D eigenvalue weighted by Crippen LogP contribution is -2.28. The number of benzene rings is 1. The van der Waals surface area contributed by atoms with E-state index in [1.165, 1.54) is 0 Å². The fourth-order valence-electron chi connectivity index (χ4n) is 2.36. The Morgan fingerprint density at radius 2 is 2.00 bits per heavy atom. The molecule has 0 bridgehead atoms. The Kier molecular flexibility index (Phi) is 6.90. The van der Waals surface area contributed by atoms with Gasteiger partial charge in [-0.15, -0.1) is 10.2 Å². The summed E-state index contributed by atoms with van der Waals surface area (Å²) in [5.74, 6) is 0.254. The number of carbonyl (C=O) groups is 1. The molecule has 1 atom stereocenters. The maximum Gasteiger partial charge on any atom is 0.270 e. The monoisotopic (exact) mass is 412 g/mol. The van der Waals surface area contributed by atoms with Crippen molar-refractivity contribution in [2.75, 3.05) is 12.4 Å². The molecule has 0 saturated heterocycles. The molecule has 1 aromatic heterocycles. The Morgan fingerprint density at radius 1 is 1.30 bits per heavy atom. The Morgan fingerprint density at radius 3 is 2.56 bits per heavy atom. The van der Waals surface area contributed by atoms with Gasteiger partial charge >= 0.3 is 0 Å². The zero-order valence-corrected chi connectivity index (χ0v) is 17.6. The lowest BCUT2D eigenvalue weighted by molar-refractivity contribution is -0.118. The maximum atomic E-state index is 12.7. The highest BCUT2D eigenvalue weighted by atomic mass is 32.2. The van der Waals surface area contributed by atoms with Crippen LogP contribution in [-0.4, -0.2) is 31.6 Å². The molecule has 0 aliphatic rings. The first-order valence-electron chi connectivity index (χ1n) is 8.49. The van der Waals surface area contributed by atoms with Crippen molar-refractivity contribution in [3.8, 4) is 5.75 Å². The van der Waals surface area contributed by atoms with Crippen molar-refractivity contribution in [1.29, 1.82) is 0 Å². The number of nitrogens with one attached hydrogen (secondary N) is 2. The van der Waals surface area contributed by atoms with Gasteiger partial charge in [0.15, 0.2) is 0 Å². The number of sulfonamides is 1. The van der Waals surface area contributed by atoms with E-state index in [2.05, 4.69) is 20.2 Å². The van der Waals surface area contributed by atoms with Gasteiger partial charge in [0, 0.05) is 12.0 Å². The van der Waals surface area contributed by atoms with Gasteiger partial charge in [-0.3, -0.25) is 4.79 Å². The van der Waals surface area contributed by atoms with E-state index in [-0.39, 0.29) is 21.3 Å². The van der Waals surface area contributed by atoms with Crippen LogP contribution in [0.2, 0.25) is 0 Å². The van der Waals surface area contributed by atoms with Gasteiger partial charge in [-0.1, -0.05) is 44.2 Å². The second-order valence-corrected chi connectivity index (χ2v) is 9.19. The van der Waals surface area contributed by atoms with Crippen LogP contribution in [-0.2, 0) is 14.8 Å². The number of hydrogen-bond acceptors (Lipinski definition) is 7. The largest absolute Gasteiger partial charge is 0.496 e. The van der Waals surface area contributed by atoms with Crippen LogP contribution in [0.15, 0.2) is 22.5 Å². The second-order valence-electron chi connectivity index (χ2n) is 6.33. The van der Waals surface area contributed by atoms with Gasteiger partial charge in [0.25, 0.3) is 10.0 Å². The average Bonchev–Trinajstić information content (AvgIpc) is 3.09. The van der Waals surface area contributed by atoms with Gasteiger partial charge in [-0.2, -0.15) is 0 Å². The number of aromatic nitrogens is 2. The Bertz CT molecular complexity index is 909. The number of anilines is 1. The first-order chi connectivity index (χ1) is 12.7. The van der Waals surface area contributed by atoms with E-state index < -0.39 is 16.1 Å². The summed E-state index contributed by atoms with van der Waals surface area (Å²) in [6.07, 6.45) is 0.556. The average molecular weight is 413 g/mol. The molecule has 8 nitrogen and oxygen atoms in total. The van der Waals surface area contributed by atoms with Crippen LogP contribution in [0.1, 0.15) is 44.4 Å². The minimum Gasteiger partial charge on any atom is -0.496 e. The summed E-state index contributed by atoms with van der Waals surface area (Å²) in [7, 11) is -2.28. The molecule has 27 heavy (non-hydrogen) atoms. The standard InChI is InChI=1S/C17H24N4O4S2/c1-6-13(12-7-8-14(25-5)11(4)9-12)21-27(23,24)17-20-19-16(26-17)18-15(22)10(2)3/h7-10,13,21H,6H2,1-5H3,(H,18,19,22)/t13-/m0/s1. The first-order valence-corrected chi connectivity index (χ1v) is 10.8. The SMILES string of the molecule is CC[C@H](NS(=O)(=O)c1nnc(NC(=O)C(C)C)s1)c1ccc(OC)c(C)c1. The van der Waals surface area contributed by atoms with Crippen molar-refractivity contribution in [2.24, 2.45) is 5.92 Å². The minimum atomic E-state index is -3.87. The molecule has 0 saturated carbocycles. The quantitative estimate of drug-likeness (QED) is 0.645. The number of nitrogens with zero attached hydrogens (tertiary/aromatic N) is 2. The molecule has 2 rings (SSSR count). The van der Waals surface area contributed by atoms with Crippen LogP contribution < -0.4 is 14.8 Å². The molecule has 148 valence electrons. The Labute approximate surface area is 163 Å². The maximum absolute atomic E-state index is 12.7. The predicted molar refractivity (Wildman–Crippen MR) is 104 cm³/mol. The number of methoxy groups -OCH3 is 1. The topological polar surface area (TPSA) is 110 Å². The number of rotatable bonds is 8. The van der Waals surface area contributed by atoms with Crippen molar-refractivity contribution in [3.05, 3.63) is 29.3 Å².